The van der Waals surface area contributed by atoms with E-state index in [4.69, 9.17) is 11.6 Å². The summed E-state index contributed by atoms with van der Waals surface area (Å²) in [6, 6.07) is 7.51. The topological polar surface area (TPSA) is 50.9 Å². The fourth-order valence-electron chi connectivity index (χ4n) is 2.72. The van der Waals surface area contributed by atoms with E-state index in [1.165, 1.54) is 6.33 Å². The summed E-state index contributed by atoms with van der Waals surface area (Å²) in [7, 11) is 0. The van der Waals surface area contributed by atoms with E-state index in [9.17, 15) is 5.11 Å². The number of benzene rings is 1. The summed E-state index contributed by atoms with van der Waals surface area (Å²) in [5.74, 6) is 6.05. The molecule has 0 saturated heterocycles. The molecule has 0 aliphatic heterocycles. The monoisotopic (exact) mass is 301 g/mol. The van der Waals surface area contributed by atoms with Crippen molar-refractivity contribution in [1.29, 1.82) is 0 Å². The van der Waals surface area contributed by atoms with Crippen molar-refractivity contribution in [3.63, 3.8) is 0 Å². The average Bonchev–Trinajstić information content (AvgIpc) is 3.00. The molecule has 1 saturated carbocycles. The highest BCUT2D eigenvalue weighted by atomic mass is 35.5. The second-order valence-corrected chi connectivity index (χ2v) is 5.85. The van der Waals surface area contributed by atoms with Crippen LogP contribution in [0.3, 0.4) is 0 Å². The Kier molecular flexibility index (Phi) is 3.96. The van der Waals surface area contributed by atoms with E-state index in [1.54, 1.807) is 12.4 Å². The van der Waals surface area contributed by atoms with Crippen LogP contribution in [0.25, 0.3) is 0 Å². The van der Waals surface area contributed by atoms with E-state index in [2.05, 4.69) is 21.9 Å². The van der Waals surface area contributed by atoms with Crippen LogP contribution in [-0.2, 0) is 0 Å². The first kappa shape index (κ1) is 14.1. The molecule has 4 nitrogen and oxygen atoms in total. The van der Waals surface area contributed by atoms with Gasteiger partial charge in [-0.05, 0) is 37.5 Å². The molecule has 21 heavy (non-hydrogen) atoms. The van der Waals surface area contributed by atoms with Crippen LogP contribution in [0.1, 0.15) is 37.3 Å². The maximum absolute atomic E-state index is 10.7. The summed E-state index contributed by atoms with van der Waals surface area (Å²) >= 11 is 5.94. The van der Waals surface area contributed by atoms with Gasteiger partial charge in [-0.3, -0.25) is 0 Å². The summed E-state index contributed by atoms with van der Waals surface area (Å²) in [5, 5.41) is 15.5. The summed E-state index contributed by atoms with van der Waals surface area (Å²) < 4.78 is 1.81. The molecule has 0 radical (unpaired) electrons. The van der Waals surface area contributed by atoms with Gasteiger partial charge in [-0.2, -0.15) is 5.10 Å². The van der Waals surface area contributed by atoms with Gasteiger partial charge in [0, 0.05) is 17.0 Å². The lowest BCUT2D eigenvalue weighted by Crippen LogP contribution is -2.35. The Morgan fingerprint density at radius 2 is 2.33 bits per heavy atom. The highest BCUT2D eigenvalue weighted by Crippen LogP contribution is 2.34. The average molecular weight is 302 g/mol. The van der Waals surface area contributed by atoms with E-state index in [0.29, 0.717) is 17.9 Å². The lowest BCUT2D eigenvalue weighted by molar-refractivity contribution is 0.0372. The molecule has 108 valence electrons. The van der Waals surface area contributed by atoms with Crippen molar-refractivity contribution in [2.75, 3.05) is 0 Å². The first-order valence-electron chi connectivity index (χ1n) is 7.00. The smallest absolute Gasteiger partial charge is 0.137 e. The molecule has 1 aromatic heterocycles. The van der Waals surface area contributed by atoms with Gasteiger partial charge in [-0.25, -0.2) is 9.67 Å². The number of rotatable bonds is 1. The van der Waals surface area contributed by atoms with Crippen LogP contribution in [0.2, 0.25) is 5.02 Å². The molecule has 1 fully saturated rings. The Labute approximate surface area is 128 Å². The molecule has 5 heteroatoms. The van der Waals surface area contributed by atoms with Gasteiger partial charge < -0.3 is 5.11 Å². The van der Waals surface area contributed by atoms with Crippen molar-refractivity contribution in [3.8, 4) is 11.8 Å². The molecule has 2 atom stereocenters. The molecule has 1 N–H and O–H groups in total. The standard InChI is InChI=1S/C16H16ClN3O/c17-14-4-1-3-13(9-14)6-8-16(21)7-2-5-15(10-16)20-12-18-11-19-20/h1,3-4,9,11-12,15,21H,2,5,7,10H2/t15-,16+/m0/s1. The van der Waals surface area contributed by atoms with Gasteiger partial charge in [0.2, 0.25) is 0 Å². The van der Waals surface area contributed by atoms with Crippen LogP contribution in [0.15, 0.2) is 36.9 Å². The normalized spacial score (nSPS) is 25.1. The molecule has 0 bridgehead atoms. The molecular formula is C16H16ClN3O. The van der Waals surface area contributed by atoms with Crippen LogP contribution in [-0.4, -0.2) is 25.5 Å². The second kappa shape index (κ2) is 5.88. The van der Waals surface area contributed by atoms with Gasteiger partial charge in [0.25, 0.3) is 0 Å². The van der Waals surface area contributed by atoms with E-state index in [0.717, 1.165) is 18.4 Å². The highest BCUT2D eigenvalue weighted by Gasteiger charge is 2.33. The SMILES string of the molecule is O[C@@]1(C#Cc2cccc(Cl)c2)CCC[C@H](n2cncn2)C1. The minimum Gasteiger partial charge on any atom is -0.378 e. The van der Waals surface area contributed by atoms with E-state index in [-0.39, 0.29) is 6.04 Å². The number of nitrogens with zero attached hydrogens (tertiary/aromatic N) is 3. The Bertz CT molecular complexity index is 674. The fourth-order valence-corrected chi connectivity index (χ4v) is 2.91. The molecule has 2 aromatic rings. The molecule has 0 amide bonds. The minimum atomic E-state index is -0.975. The number of hydrogen-bond acceptors (Lipinski definition) is 3. The zero-order valence-corrected chi connectivity index (χ0v) is 12.3. The highest BCUT2D eigenvalue weighted by molar-refractivity contribution is 6.30. The molecule has 1 aliphatic rings. The predicted molar refractivity (Wildman–Crippen MR) is 80.8 cm³/mol. The number of halogens is 1. The molecular weight excluding hydrogens is 286 g/mol. The lowest BCUT2D eigenvalue weighted by atomic mass is 9.82. The largest absolute Gasteiger partial charge is 0.378 e. The second-order valence-electron chi connectivity index (χ2n) is 5.42. The van der Waals surface area contributed by atoms with Crippen LogP contribution >= 0.6 is 11.6 Å². The first-order valence-corrected chi connectivity index (χ1v) is 7.38. The van der Waals surface area contributed by atoms with Crippen molar-refractivity contribution >= 4 is 11.6 Å². The number of hydrogen-bond donors (Lipinski definition) is 1. The van der Waals surface area contributed by atoms with Gasteiger partial charge in [-0.1, -0.05) is 29.5 Å². The summed E-state index contributed by atoms with van der Waals surface area (Å²) in [6.07, 6.45) is 6.39. The number of aromatic nitrogens is 3. The third kappa shape index (κ3) is 3.44. The van der Waals surface area contributed by atoms with Crippen LogP contribution in [0.4, 0.5) is 0 Å². The van der Waals surface area contributed by atoms with Crippen molar-refractivity contribution in [2.45, 2.75) is 37.3 Å². The zero-order valence-electron chi connectivity index (χ0n) is 11.5. The van der Waals surface area contributed by atoms with Crippen LogP contribution in [0, 0.1) is 11.8 Å². The molecule has 3 rings (SSSR count). The molecule has 1 aliphatic carbocycles. The Morgan fingerprint density at radius 1 is 1.43 bits per heavy atom. The van der Waals surface area contributed by atoms with Crippen molar-refractivity contribution in [1.82, 2.24) is 14.8 Å². The van der Waals surface area contributed by atoms with Crippen molar-refractivity contribution < 1.29 is 5.11 Å². The lowest BCUT2D eigenvalue weighted by Gasteiger charge is -2.32. The van der Waals surface area contributed by atoms with E-state index < -0.39 is 5.60 Å². The Balaban J connectivity index is 1.78. The van der Waals surface area contributed by atoms with Gasteiger partial charge in [0.05, 0.1) is 6.04 Å². The molecule has 1 heterocycles. The van der Waals surface area contributed by atoms with Crippen LogP contribution in [0.5, 0.6) is 0 Å². The van der Waals surface area contributed by atoms with Gasteiger partial charge >= 0.3 is 0 Å². The van der Waals surface area contributed by atoms with E-state index in [1.807, 2.05) is 22.9 Å². The summed E-state index contributed by atoms with van der Waals surface area (Å²) in [5.41, 5.74) is -0.157. The molecule has 0 spiro atoms. The van der Waals surface area contributed by atoms with Gasteiger partial charge in [0.1, 0.15) is 18.3 Å². The Morgan fingerprint density at radius 3 is 3.10 bits per heavy atom. The van der Waals surface area contributed by atoms with Gasteiger partial charge in [0.15, 0.2) is 0 Å². The molecule has 1 aromatic carbocycles. The van der Waals surface area contributed by atoms with Crippen LogP contribution < -0.4 is 0 Å². The number of aliphatic hydroxyl groups is 1. The van der Waals surface area contributed by atoms with Crippen molar-refractivity contribution in [3.05, 3.63) is 47.5 Å². The fraction of sp³-hybridized carbons (Fsp3) is 0.375. The summed E-state index contributed by atoms with van der Waals surface area (Å²) in [4.78, 5) is 3.97. The first-order chi connectivity index (χ1) is 10.1. The molecule has 0 unspecified atom stereocenters. The maximum Gasteiger partial charge on any atom is 0.137 e. The third-order valence-electron chi connectivity index (χ3n) is 3.78. The quantitative estimate of drug-likeness (QED) is 0.824. The third-order valence-corrected chi connectivity index (χ3v) is 4.01. The van der Waals surface area contributed by atoms with Gasteiger partial charge in [-0.15, -0.1) is 0 Å². The minimum absolute atomic E-state index is 0.153. The zero-order chi connectivity index (χ0) is 14.7. The summed E-state index contributed by atoms with van der Waals surface area (Å²) in [6.45, 7) is 0. The predicted octanol–water partition coefficient (Wildman–Crippen LogP) is 2.83. The van der Waals surface area contributed by atoms with Crippen molar-refractivity contribution in [2.24, 2.45) is 0 Å². The Hall–Kier alpha value is -1.83. The van der Waals surface area contributed by atoms with E-state index >= 15 is 0 Å². The maximum atomic E-state index is 10.7.